The first kappa shape index (κ1) is 28.9. The van der Waals surface area contributed by atoms with Crippen molar-refractivity contribution in [3.8, 4) is 5.75 Å². The Labute approximate surface area is 263 Å². The highest BCUT2D eigenvalue weighted by Crippen LogP contribution is 2.47. The van der Waals surface area contributed by atoms with Crippen LogP contribution in [0.2, 0.25) is 0 Å². The van der Waals surface area contributed by atoms with Gasteiger partial charge in [0.2, 0.25) is 0 Å². The van der Waals surface area contributed by atoms with Gasteiger partial charge in [-0.25, -0.2) is 14.4 Å². The number of aryl methyl sites for hydroxylation is 1. The van der Waals surface area contributed by atoms with Crippen molar-refractivity contribution in [2.75, 3.05) is 10.6 Å². The number of anilines is 2. The SMILES string of the molecule is Cc1cc(=O)oc2c3c(ccc12)OC(C)(C)[C@H](OC(=O)Nc1ccc2ccccc2c1)[C@@H]3OC(=O)Nc1ccc2ccccc2c1. The molecule has 0 spiro atoms. The Morgan fingerprint density at radius 1 is 0.717 bits per heavy atom. The van der Waals surface area contributed by atoms with Crippen LogP contribution in [0.1, 0.15) is 31.1 Å². The molecule has 0 bridgehead atoms. The summed E-state index contributed by atoms with van der Waals surface area (Å²) in [5.41, 5.74) is 0.442. The molecule has 2 atom stereocenters. The number of amides is 2. The zero-order valence-electron chi connectivity index (χ0n) is 25.3. The van der Waals surface area contributed by atoms with E-state index in [9.17, 15) is 14.4 Å². The molecule has 0 fully saturated rings. The molecular formula is C37H30N2O7. The summed E-state index contributed by atoms with van der Waals surface area (Å²) < 4.78 is 24.1. The van der Waals surface area contributed by atoms with E-state index in [1.54, 1.807) is 45.0 Å². The average molecular weight is 615 g/mol. The molecule has 0 unspecified atom stereocenters. The molecule has 5 aromatic carbocycles. The normalized spacial score (nSPS) is 16.8. The molecule has 46 heavy (non-hydrogen) atoms. The molecule has 1 aliphatic heterocycles. The highest BCUT2D eigenvalue weighted by molar-refractivity contribution is 5.93. The maximum absolute atomic E-state index is 13.5. The van der Waals surface area contributed by atoms with Crippen LogP contribution in [0.25, 0.3) is 32.5 Å². The molecule has 230 valence electrons. The second-order valence-electron chi connectivity index (χ2n) is 11.8. The summed E-state index contributed by atoms with van der Waals surface area (Å²) in [6.45, 7) is 5.25. The van der Waals surface area contributed by atoms with E-state index in [0.29, 0.717) is 28.1 Å². The van der Waals surface area contributed by atoms with Crippen molar-refractivity contribution in [2.24, 2.45) is 0 Å². The van der Waals surface area contributed by atoms with E-state index in [1.807, 2.05) is 72.8 Å². The Hall–Kier alpha value is -5.83. The standard InChI is InChI=1S/C37H30N2O7/c1-21-18-30(40)43-32-28(21)16-17-29-31(32)33(44-35(41)38-26-14-12-22-8-4-6-10-24(22)19-26)34(37(2,3)46-29)45-36(42)39-27-15-13-23-9-5-7-11-25(23)20-27/h4-20,33-34H,1-3H3,(H,38,41)(H,39,42)/t33-,34-/m1/s1. The van der Waals surface area contributed by atoms with Gasteiger partial charge in [0.25, 0.3) is 0 Å². The minimum Gasteiger partial charge on any atom is -0.483 e. The van der Waals surface area contributed by atoms with E-state index in [0.717, 1.165) is 21.5 Å². The maximum Gasteiger partial charge on any atom is 0.412 e. The van der Waals surface area contributed by atoms with Crippen LogP contribution in [-0.4, -0.2) is 23.9 Å². The quantitative estimate of drug-likeness (QED) is 0.191. The van der Waals surface area contributed by atoms with Crippen molar-refractivity contribution in [1.29, 1.82) is 0 Å². The molecule has 0 saturated carbocycles. The van der Waals surface area contributed by atoms with E-state index in [2.05, 4.69) is 10.6 Å². The fourth-order valence-corrected chi connectivity index (χ4v) is 5.99. The van der Waals surface area contributed by atoms with E-state index < -0.39 is 35.6 Å². The van der Waals surface area contributed by atoms with Gasteiger partial charge in [0, 0.05) is 22.8 Å². The number of nitrogens with one attached hydrogen (secondary N) is 2. The smallest absolute Gasteiger partial charge is 0.412 e. The van der Waals surface area contributed by atoms with Crippen LogP contribution in [0, 0.1) is 6.92 Å². The number of ether oxygens (including phenoxy) is 3. The number of hydrogen-bond acceptors (Lipinski definition) is 7. The fraction of sp³-hybridized carbons (Fsp3) is 0.162. The third kappa shape index (κ3) is 5.47. The molecule has 0 saturated heterocycles. The number of carbonyl (C=O) groups is 2. The van der Waals surface area contributed by atoms with Crippen LogP contribution in [-0.2, 0) is 9.47 Å². The number of rotatable bonds is 4. The lowest BCUT2D eigenvalue weighted by atomic mass is 9.87. The van der Waals surface area contributed by atoms with Gasteiger partial charge < -0.3 is 18.6 Å². The van der Waals surface area contributed by atoms with Crippen LogP contribution in [0.4, 0.5) is 21.0 Å². The molecule has 2 heterocycles. The second kappa shape index (κ2) is 11.3. The van der Waals surface area contributed by atoms with Gasteiger partial charge in [-0.1, -0.05) is 60.7 Å². The zero-order chi connectivity index (χ0) is 32.0. The van der Waals surface area contributed by atoms with Crippen molar-refractivity contribution < 1.29 is 28.2 Å². The predicted octanol–water partition coefficient (Wildman–Crippen LogP) is 8.49. The maximum atomic E-state index is 13.5. The molecule has 9 nitrogen and oxygen atoms in total. The highest BCUT2D eigenvalue weighted by Gasteiger charge is 2.50. The third-order valence-corrected chi connectivity index (χ3v) is 8.20. The van der Waals surface area contributed by atoms with Crippen LogP contribution in [0.15, 0.2) is 112 Å². The minimum atomic E-state index is -1.21. The number of carbonyl (C=O) groups excluding carboxylic acids is 2. The van der Waals surface area contributed by atoms with E-state index >= 15 is 0 Å². The second-order valence-corrected chi connectivity index (χ2v) is 11.8. The predicted molar refractivity (Wildman–Crippen MR) is 177 cm³/mol. The van der Waals surface area contributed by atoms with Crippen LogP contribution >= 0.6 is 0 Å². The topological polar surface area (TPSA) is 116 Å². The number of hydrogen-bond donors (Lipinski definition) is 2. The third-order valence-electron chi connectivity index (χ3n) is 8.20. The molecule has 2 amide bonds. The molecule has 6 aromatic rings. The Morgan fingerprint density at radius 2 is 1.28 bits per heavy atom. The first-order valence-corrected chi connectivity index (χ1v) is 14.8. The van der Waals surface area contributed by atoms with Crippen LogP contribution < -0.4 is 21.0 Å². The van der Waals surface area contributed by atoms with Gasteiger partial charge >= 0.3 is 17.8 Å². The van der Waals surface area contributed by atoms with Crippen molar-refractivity contribution in [3.63, 3.8) is 0 Å². The average Bonchev–Trinajstić information content (AvgIpc) is 3.02. The fourth-order valence-electron chi connectivity index (χ4n) is 5.99. The molecule has 1 aliphatic rings. The van der Waals surface area contributed by atoms with Gasteiger partial charge in [0.1, 0.15) is 16.9 Å². The number of fused-ring (bicyclic) bond motifs is 5. The van der Waals surface area contributed by atoms with Gasteiger partial charge in [-0.15, -0.1) is 0 Å². The van der Waals surface area contributed by atoms with Crippen molar-refractivity contribution >= 4 is 56.1 Å². The first-order valence-electron chi connectivity index (χ1n) is 14.8. The number of benzene rings is 5. The van der Waals surface area contributed by atoms with Gasteiger partial charge in [0.05, 0.1) is 5.56 Å². The lowest BCUT2D eigenvalue weighted by Crippen LogP contribution is -2.52. The first-order chi connectivity index (χ1) is 22.1. The van der Waals surface area contributed by atoms with Gasteiger partial charge in [-0.05, 0) is 84.3 Å². The van der Waals surface area contributed by atoms with Crippen molar-refractivity contribution in [2.45, 2.75) is 38.6 Å². The summed E-state index contributed by atoms with van der Waals surface area (Å²) in [4.78, 5) is 39.5. The summed E-state index contributed by atoms with van der Waals surface area (Å²) in [5.74, 6) is 0.338. The summed E-state index contributed by atoms with van der Waals surface area (Å²) in [5, 5.41) is 10.1. The summed E-state index contributed by atoms with van der Waals surface area (Å²) in [7, 11) is 0. The van der Waals surface area contributed by atoms with Gasteiger partial charge in [-0.2, -0.15) is 0 Å². The highest BCUT2D eigenvalue weighted by atomic mass is 16.6. The van der Waals surface area contributed by atoms with Crippen molar-refractivity contribution in [3.05, 3.63) is 125 Å². The van der Waals surface area contributed by atoms with E-state index in [4.69, 9.17) is 18.6 Å². The lowest BCUT2D eigenvalue weighted by molar-refractivity contribution is -0.112. The molecule has 9 heteroatoms. The Bertz CT molecular complexity index is 2220. The zero-order valence-corrected chi connectivity index (χ0v) is 25.3. The monoisotopic (exact) mass is 614 g/mol. The summed E-state index contributed by atoms with van der Waals surface area (Å²) in [6, 6.07) is 31.5. The molecule has 2 N–H and O–H groups in total. The van der Waals surface area contributed by atoms with Crippen LogP contribution in [0.5, 0.6) is 5.75 Å². The van der Waals surface area contributed by atoms with E-state index in [-0.39, 0.29) is 11.1 Å². The Morgan fingerprint density at radius 3 is 1.89 bits per heavy atom. The van der Waals surface area contributed by atoms with Gasteiger partial charge in [0.15, 0.2) is 12.2 Å². The van der Waals surface area contributed by atoms with Crippen molar-refractivity contribution in [1.82, 2.24) is 0 Å². The molecular weight excluding hydrogens is 584 g/mol. The summed E-state index contributed by atoms with van der Waals surface area (Å²) in [6.07, 6.45) is -3.93. The summed E-state index contributed by atoms with van der Waals surface area (Å²) >= 11 is 0. The minimum absolute atomic E-state index is 0.185. The molecule has 7 rings (SSSR count). The molecule has 0 aliphatic carbocycles. The van der Waals surface area contributed by atoms with E-state index in [1.165, 1.54) is 6.07 Å². The van der Waals surface area contributed by atoms with Gasteiger partial charge in [-0.3, -0.25) is 10.6 Å². The Balaban J connectivity index is 1.25. The van der Waals surface area contributed by atoms with Crippen LogP contribution in [0.3, 0.4) is 0 Å². The molecule has 0 radical (unpaired) electrons. The Kier molecular flexibility index (Phi) is 7.08. The molecule has 1 aromatic heterocycles. The lowest BCUT2D eigenvalue weighted by Gasteiger charge is -2.43. The largest absolute Gasteiger partial charge is 0.483 e.